The number of aliphatic hydroxyl groups is 1. The van der Waals surface area contributed by atoms with Crippen LogP contribution in [-0.4, -0.2) is 23.7 Å². The summed E-state index contributed by atoms with van der Waals surface area (Å²) in [5.41, 5.74) is 2.20. The van der Waals surface area contributed by atoms with Gasteiger partial charge in [-0.2, -0.15) is 0 Å². The van der Waals surface area contributed by atoms with E-state index in [0.717, 1.165) is 56.9 Å². The van der Waals surface area contributed by atoms with E-state index in [1.54, 1.807) is 0 Å². The quantitative estimate of drug-likeness (QED) is 0.409. The fraction of sp³-hybridized carbons (Fsp3) is 0.515. The Bertz CT molecular complexity index is 1270. The number of esters is 2. The van der Waals surface area contributed by atoms with Crippen LogP contribution in [0.2, 0.25) is 0 Å². The van der Waals surface area contributed by atoms with Crippen LogP contribution in [0.5, 0.6) is 0 Å². The maximum atomic E-state index is 13.7. The van der Waals surface area contributed by atoms with Gasteiger partial charge in [0, 0.05) is 23.2 Å². The zero-order valence-electron chi connectivity index (χ0n) is 22.5. The Balaban J connectivity index is 1.54. The second-order valence-electron chi connectivity index (χ2n) is 11.7. The second kappa shape index (κ2) is 9.68. The van der Waals surface area contributed by atoms with Gasteiger partial charge in [-0.1, -0.05) is 56.7 Å². The third-order valence-electron chi connectivity index (χ3n) is 9.98. The van der Waals surface area contributed by atoms with Crippen LogP contribution in [0.15, 0.2) is 76.8 Å². The Morgan fingerprint density at radius 3 is 2.66 bits per heavy atom. The molecule has 5 nitrogen and oxygen atoms in total. The Kier molecular flexibility index (Phi) is 6.46. The van der Waals surface area contributed by atoms with Gasteiger partial charge in [0.25, 0.3) is 0 Å². The van der Waals surface area contributed by atoms with Gasteiger partial charge < -0.3 is 14.6 Å². The molecule has 0 radical (unpaired) electrons. The molecule has 0 unspecified atom stereocenters. The van der Waals surface area contributed by atoms with Gasteiger partial charge >= 0.3 is 11.9 Å². The molecule has 1 aromatic rings. The van der Waals surface area contributed by atoms with Crippen molar-refractivity contribution in [3.63, 3.8) is 0 Å². The fourth-order valence-corrected chi connectivity index (χ4v) is 8.47. The number of ether oxygens (including phenoxy) is 2. The smallest absolute Gasteiger partial charge is 0.340 e. The van der Waals surface area contributed by atoms with Crippen LogP contribution in [-0.2, 0) is 25.5 Å². The Hall–Kier alpha value is -2.92. The van der Waals surface area contributed by atoms with E-state index < -0.39 is 10.8 Å². The van der Waals surface area contributed by atoms with Crippen molar-refractivity contribution in [2.24, 2.45) is 28.6 Å². The summed E-state index contributed by atoms with van der Waals surface area (Å²) in [5.74, 6) is 1.35. The summed E-state index contributed by atoms with van der Waals surface area (Å²) in [7, 11) is 0. The number of hydrogen-bond donors (Lipinski definition) is 1. The van der Waals surface area contributed by atoms with Crippen molar-refractivity contribution in [1.29, 1.82) is 0 Å². The van der Waals surface area contributed by atoms with Crippen molar-refractivity contribution >= 4 is 11.9 Å². The molecule has 1 saturated carbocycles. The van der Waals surface area contributed by atoms with Crippen molar-refractivity contribution < 1.29 is 24.2 Å². The highest BCUT2D eigenvalue weighted by Crippen LogP contribution is 2.76. The number of carbonyl (C=O) groups is 2. The van der Waals surface area contributed by atoms with Crippen LogP contribution in [0, 0.1) is 28.6 Å². The molecule has 2 heterocycles. The predicted molar refractivity (Wildman–Crippen MR) is 144 cm³/mol. The van der Waals surface area contributed by atoms with Crippen LogP contribution in [0.25, 0.3) is 0 Å². The minimum Gasteiger partial charge on any atom is -0.427 e. The highest BCUT2D eigenvalue weighted by Gasteiger charge is 2.74. The third kappa shape index (κ3) is 3.47. The molecular weight excluding hydrogens is 476 g/mol. The lowest BCUT2D eigenvalue weighted by Gasteiger charge is -2.62. The van der Waals surface area contributed by atoms with Gasteiger partial charge in [-0.15, -0.1) is 0 Å². The minimum absolute atomic E-state index is 0.0565. The summed E-state index contributed by atoms with van der Waals surface area (Å²) in [6.45, 7) is 4.22. The van der Waals surface area contributed by atoms with Gasteiger partial charge in [0.2, 0.25) is 0 Å². The van der Waals surface area contributed by atoms with Crippen molar-refractivity contribution in [3.05, 3.63) is 82.4 Å². The normalized spacial score (nSPS) is 34.1. The number of unbranched alkanes of at least 4 members (excludes halogenated alkanes) is 1. The molecule has 6 aliphatic rings. The molecule has 1 N–H and O–H groups in total. The first-order chi connectivity index (χ1) is 18.5. The molecular formula is C33H38O5. The molecule has 2 fully saturated rings. The van der Waals surface area contributed by atoms with Crippen LogP contribution in [0.4, 0.5) is 0 Å². The topological polar surface area (TPSA) is 72.8 Å². The molecule has 0 aromatic heterocycles. The van der Waals surface area contributed by atoms with Gasteiger partial charge in [0.05, 0.1) is 11.0 Å². The highest BCUT2D eigenvalue weighted by atomic mass is 16.6. The molecule has 0 amide bonds. The lowest BCUT2D eigenvalue weighted by atomic mass is 9.38. The van der Waals surface area contributed by atoms with E-state index in [9.17, 15) is 14.7 Å². The number of rotatable bonds is 8. The molecule has 1 spiro atoms. The first-order valence-corrected chi connectivity index (χ1v) is 14.5. The maximum Gasteiger partial charge on any atom is 0.340 e. The summed E-state index contributed by atoms with van der Waals surface area (Å²) in [4.78, 5) is 27.2. The summed E-state index contributed by atoms with van der Waals surface area (Å²) in [6.07, 6.45) is 13.8. The molecule has 200 valence electrons. The zero-order valence-corrected chi connectivity index (χ0v) is 22.5. The fourth-order valence-electron chi connectivity index (χ4n) is 8.47. The van der Waals surface area contributed by atoms with Gasteiger partial charge in [-0.05, 0) is 86.8 Å². The average Bonchev–Trinajstić information content (AvgIpc) is 3.42. The van der Waals surface area contributed by atoms with E-state index in [0.29, 0.717) is 29.1 Å². The molecule has 2 bridgehead atoms. The van der Waals surface area contributed by atoms with E-state index in [-0.39, 0.29) is 36.3 Å². The molecule has 4 aliphatic carbocycles. The monoisotopic (exact) mass is 514 g/mol. The van der Waals surface area contributed by atoms with Gasteiger partial charge in [0.1, 0.15) is 11.5 Å². The number of fused-ring (bicyclic) bond motifs is 1. The van der Waals surface area contributed by atoms with Crippen LogP contribution >= 0.6 is 0 Å². The van der Waals surface area contributed by atoms with Gasteiger partial charge in [-0.25, -0.2) is 9.59 Å². The highest BCUT2D eigenvalue weighted by molar-refractivity contribution is 6.01. The molecule has 2 aliphatic heterocycles. The summed E-state index contributed by atoms with van der Waals surface area (Å²) in [5, 5.41) is 10.5. The van der Waals surface area contributed by atoms with Crippen LogP contribution in [0.3, 0.4) is 0 Å². The van der Waals surface area contributed by atoms with E-state index in [1.165, 1.54) is 5.56 Å². The van der Waals surface area contributed by atoms with Crippen LogP contribution < -0.4 is 0 Å². The SMILES string of the molecule is CCCC=C1OC(=O)C2=C1CC[C@H]1[C@H]3C=C4C(=O)OC(=C[C@H](CC)Cc5ccccc5)[C@@]4(CC3)[C@]21CCO. The summed E-state index contributed by atoms with van der Waals surface area (Å²) >= 11 is 0. The first kappa shape index (κ1) is 25.4. The van der Waals surface area contributed by atoms with E-state index >= 15 is 0 Å². The van der Waals surface area contributed by atoms with Crippen molar-refractivity contribution in [2.75, 3.05) is 6.61 Å². The summed E-state index contributed by atoms with van der Waals surface area (Å²) in [6, 6.07) is 10.4. The third-order valence-corrected chi connectivity index (χ3v) is 9.98. The first-order valence-electron chi connectivity index (χ1n) is 14.5. The average molecular weight is 515 g/mol. The Morgan fingerprint density at radius 2 is 1.92 bits per heavy atom. The molecule has 38 heavy (non-hydrogen) atoms. The number of cyclic esters (lactones) is 2. The minimum atomic E-state index is -0.740. The Labute approximate surface area is 225 Å². The predicted octanol–water partition coefficient (Wildman–Crippen LogP) is 6.35. The molecule has 1 saturated heterocycles. The van der Waals surface area contributed by atoms with Crippen molar-refractivity contribution in [2.45, 2.75) is 71.6 Å². The molecule has 7 rings (SSSR count). The van der Waals surface area contributed by atoms with E-state index in [2.05, 4.69) is 50.3 Å². The largest absolute Gasteiger partial charge is 0.427 e. The van der Waals surface area contributed by atoms with Gasteiger partial charge in [-0.3, -0.25) is 0 Å². The van der Waals surface area contributed by atoms with Crippen LogP contribution in [0.1, 0.15) is 70.8 Å². The van der Waals surface area contributed by atoms with Crippen molar-refractivity contribution in [1.82, 2.24) is 0 Å². The maximum absolute atomic E-state index is 13.7. The number of hydrogen-bond acceptors (Lipinski definition) is 5. The number of allylic oxidation sites excluding steroid dienone is 5. The Morgan fingerprint density at radius 1 is 1.11 bits per heavy atom. The van der Waals surface area contributed by atoms with E-state index in [4.69, 9.17) is 9.47 Å². The molecule has 5 atom stereocenters. The summed E-state index contributed by atoms with van der Waals surface area (Å²) < 4.78 is 12.1. The number of carbonyl (C=O) groups excluding carboxylic acids is 2. The number of benzene rings is 1. The van der Waals surface area contributed by atoms with Crippen molar-refractivity contribution in [3.8, 4) is 0 Å². The lowest BCUT2D eigenvalue weighted by Crippen LogP contribution is -2.60. The standard InChI is InChI=1S/C33H38O5/c1-3-5-11-27-24-12-13-25-23-14-15-32(33(25,16-17-34)29(24)31(36)37-27)26(20-23)30(35)38-28(32)19-21(4-2)18-22-9-7-6-8-10-22/h6-11,19-21,23,25,34H,3-5,12-18H2,1-2H3/t21-,23-,25+,32+,33+/m1/s1. The molecule has 5 heteroatoms. The second-order valence-corrected chi connectivity index (χ2v) is 11.7. The number of aliphatic hydroxyl groups excluding tert-OH is 1. The van der Waals surface area contributed by atoms with E-state index in [1.807, 2.05) is 12.1 Å². The lowest BCUT2D eigenvalue weighted by molar-refractivity contribution is -0.138. The van der Waals surface area contributed by atoms with Gasteiger partial charge in [0.15, 0.2) is 0 Å². The molecule has 1 aromatic carbocycles. The zero-order chi connectivity index (χ0) is 26.5.